The summed E-state index contributed by atoms with van der Waals surface area (Å²) >= 11 is 7.50. The third-order valence-corrected chi connectivity index (χ3v) is 4.33. The van der Waals surface area contributed by atoms with Gasteiger partial charge < -0.3 is 9.84 Å². The van der Waals surface area contributed by atoms with Crippen LogP contribution >= 0.6 is 22.9 Å². The smallest absolute Gasteiger partial charge is 0.122 e. The lowest BCUT2D eigenvalue weighted by atomic mass is 10.0. The number of halogens is 1. The second kappa shape index (κ2) is 4.33. The largest absolute Gasteiger partial charge is 0.493 e. The molecule has 0 amide bonds. The van der Waals surface area contributed by atoms with Crippen molar-refractivity contribution in [2.45, 2.75) is 12.5 Å². The summed E-state index contributed by atoms with van der Waals surface area (Å²) in [6.45, 7) is 0.731. The van der Waals surface area contributed by atoms with Crippen LogP contribution in [-0.2, 0) is 6.42 Å². The van der Waals surface area contributed by atoms with Crippen molar-refractivity contribution in [1.29, 1.82) is 0 Å². The number of ether oxygens (including phenoxy) is 1. The molecule has 17 heavy (non-hydrogen) atoms. The molecule has 1 N–H and O–H groups in total. The Bertz CT molecular complexity index is 550. The first-order valence-electron chi connectivity index (χ1n) is 5.42. The maximum atomic E-state index is 10.3. The van der Waals surface area contributed by atoms with Gasteiger partial charge in [0.05, 0.1) is 16.5 Å². The Morgan fingerprint density at radius 2 is 2.24 bits per heavy atom. The van der Waals surface area contributed by atoms with Gasteiger partial charge in [0, 0.05) is 6.42 Å². The van der Waals surface area contributed by atoms with Crippen LogP contribution in [0.25, 0.3) is 0 Å². The lowest BCUT2D eigenvalue weighted by Crippen LogP contribution is -1.98. The molecule has 0 spiro atoms. The Hall–Kier alpha value is -1.03. The monoisotopic (exact) mass is 266 g/mol. The molecule has 0 aliphatic carbocycles. The minimum Gasteiger partial charge on any atom is -0.493 e. The van der Waals surface area contributed by atoms with Gasteiger partial charge in [0.1, 0.15) is 11.9 Å². The maximum absolute atomic E-state index is 10.3. The van der Waals surface area contributed by atoms with Crippen LogP contribution in [0.5, 0.6) is 5.75 Å². The average molecular weight is 267 g/mol. The summed E-state index contributed by atoms with van der Waals surface area (Å²) in [5.41, 5.74) is 2.04. The third kappa shape index (κ3) is 1.95. The molecule has 1 aromatic heterocycles. The predicted octanol–water partition coefficient (Wildman–Crippen LogP) is 3.42. The van der Waals surface area contributed by atoms with Gasteiger partial charge >= 0.3 is 0 Å². The van der Waals surface area contributed by atoms with Crippen LogP contribution in [0.1, 0.15) is 22.1 Å². The van der Waals surface area contributed by atoms with Crippen molar-refractivity contribution < 1.29 is 9.84 Å². The van der Waals surface area contributed by atoms with E-state index in [0.717, 1.165) is 34.8 Å². The number of aliphatic hydroxyl groups is 1. The highest BCUT2D eigenvalue weighted by Crippen LogP contribution is 2.35. The number of thiophene rings is 1. The quantitative estimate of drug-likeness (QED) is 0.903. The zero-order valence-corrected chi connectivity index (χ0v) is 10.6. The molecule has 1 unspecified atom stereocenters. The molecule has 1 aromatic carbocycles. The molecule has 1 atom stereocenters. The van der Waals surface area contributed by atoms with Crippen LogP contribution < -0.4 is 4.74 Å². The van der Waals surface area contributed by atoms with E-state index in [2.05, 4.69) is 0 Å². The van der Waals surface area contributed by atoms with Gasteiger partial charge in [0.25, 0.3) is 0 Å². The molecule has 88 valence electrons. The first-order chi connectivity index (χ1) is 8.25. The maximum Gasteiger partial charge on any atom is 0.122 e. The molecule has 0 saturated heterocycles. The fraction of sp³-hybridized carbons (Fsp3) is 0.231. The molecule has 2 heterocycles. The third-order valence-electron chi connectivity index (χ3n) is 2.92. The molecule has 1 aliphatic heterocycles. The second-order valence-corrected chi connectivity index (χ2v) is 5.36. The molecule has 0 bridgehead atoms. The van der Waals surface area contributed by atoms with Crippen molar-refractivity contribution in [1.82, 2.24) is 0 Å². The highest BCUT2D eigenvalue weighted by atomic mass is 35.5. The van der Waals surface area contributed by atoms with E-state index in [1.165, 1.54) is 11.3 Å². The SMILES string of the molecule is OC(c1ccc2c(c1)CCO2)c1sccc1Cl. The lowest BCUT2D eigenvalue weighted by molar-refractivity contribution is 0.224. The van der Waals surface area contributed by atoms with E-state index in [4.69, 9.17) is 16.3 Å². The van der Waals surface area contributed by atoms with Crippen molar-refractivity contribution >= 4 is 22.9 Å². The van der Waals surface area contributed by atoms with Crippen molar-refractivity contribution in [3.05, 3.63) is 50.7 Å². The number of fused-ring (bicyclic) bond motifs is 1. The highest BCUT2D eigenvalue weighted by molar-refractivity contribution is 7.10. The van der Waals surface area contributed by atoms with E-state index in [1.54, 1.807) is 6.07 Å². The average Bonchev–Trinajstić information content (AvgIpc) is 2.95. The van der Waals surface area contributed by atoms with E-state index < -0.39 is 6.10 Å². The van der Waals surface area contributed by atoms with Crippen molar-refractivity contribution in [3.63, 3.8) is 0 Å². The lowest BCUT2D eigenvalue weighted by Gasteiger charge is -2.11. The van der Waals surface area contributed by atoms with Crippen LogP contribution in [0, 0.1) is 0 Å². The van der Waals surface area contributed by atoms with Crippen molar-refractivity contribution in [3.8, 4) is 5.75 Å². The number of aliphatic hydroxyl groups excluding tert-OH is 1. The first kappa shape index (κ1) is 11.1. The minimum atomic E-state index is -0.645. The fourth-order valence-corrected chi connectivity index (χ4v) is 3.20. The van der Waals surface area contributed by atoms with Crippen molar-refractivity contribution in [2.24, 2.45) is 0 Å². The Morgan fingerprint density at radius 1 is 1.35 bits per heavy atom. The Balaban J connectivity index is 1.97. The van der Waals surface area contributed by atoms with Crippen LogP contribution in [0.2, 0.25) is 5.02 Å². The van der Waals surface area contributed by atoms with Crippen LogP contribution in [0.3, 0.4) is 0 Å². The number of rotatable bonds is 2. The molecule has 4 heteroatoms. The molecule has 0 fully saturated rings. The highest BCUT2D eigenvalue weighted by Gasteiger charge is 2.19. The molecule has 2 aromatic rings. The molecule has 3 rings (SSSR count). The number of hydrogen-bond donors (Lipinski definition) is 1. The first-order valence-corrected chi connectivity index (χ1v) is 6.68. The summed E-state index contributed by atoms with van der Waals surface area (Å²) in [7, 11) is 0. The van der Waals surface area contributed by atoms with E-state index >= 15 is 0 Å². The molecule has 1 aliphatic rings. The topological polar surface area (TPSA) is 29.5 Å². The summed E-state index contributed by atoms with van der Waals surface area (Å²) in [5.74, 6) is 0.929. The summed E-state index contributed by atoms with van der Waals surface area (Å²) < 4.78 is 5.44. The second-order valence-electron chi connectivity index (χ2n) is 4.00. The summed E-state index contributed by atoms with van der Waals surface area (Å²) in [6, 6.07) is 7.62. The standard InChI is InChI=1S/C13H11ClO2S/c14-10-4-6-17-13(10)12(15)9-1-2-11-8(7-9)3-5-16-11/h1-2,4,6-7,12,15H,3,5H2. The molecule has 0 saturated carbocycles. The van der Waals surface area contributed by atoms with Gasteiger partial charge in [-0.25, -0.2) is 0 Å². The van der Waals surface area contributed by atoms with Gasteiger partial charge in [-0.1, -0.05) is 17.7 Å². The van der Waals surface area contributed by atoms with Crippen LogP contribution in [0.15, 0.2) is 29.6 Å². The van der Waals surface area contributed by atoms with Crippen LogP contribution in [0.4, 0.5) is 0 Å². The van der Waals surface area contributed by atoms with E-state index in [1.807, 2.05) is 23.6 Å². The Kier molecular flexibility index (Phi) is 2.82. The van der Waals surface area contributed by atoms with Gasteiger partial charge in [-0.15, -0.1) is 11.3 Å². The van der Waals surface area contributed by atoms with E-state index in [-0.39, 0.29) is 0 Å². The fourth-order valence-electron chi connectivity index (χ4n) is 2.03. The summed E-state index contributed by atoms with van der Waals surface area (Å²) in [6.07, 6.45) is 0.266. The predicted molar refractivity (Wildman–Crippen MR) is 69.0 cm³/mol. The Morgan fingerprint density at radius 3 is 3.00 bits per heavy atom. The van der Waals surface area contributed by atoms with Gasteiger partial charge in [-0.2, -0.15) is 0 Å². The molecular formula is C13H11ClO2S. The van der Waals surface area contributed by atoms with Gasteiger partial charge in [0.15, 0.2) is 0 Å². The molecule has 2 nitrogen and oxygen atoms in total. The van der Waals surface area contributed by atoms with Gasteiger partial charge in [0.2, 0.25) is 0 Å². The summed E-state index contributed by atoms with van der Waals surface area (Å²) in [4.78, 5) is 0.797. The van der Waals surface area contributed by atoms with E-state index in [0.29, 0.717) is 5.02 Å². The van der Waals surface area contributed by atoms with Crippen molar-refractivity contribution in [2.75, 3.05) is 6.61 Å². The minimum absolute atomic E-state index is 0.624. The Labute approximate surface area is 108 Å². The van der Waals surface area contributed by atoms with Gasteiger partial charge in [-0.3, -0.25) is 0 Å². The zero-order chi connectivity index (χ0) is 11.8. The zero-order valence-electron chi connectivity index (χ0n) is 9.02. The van der Waals surface area contributed by atoms with E-state index in [9.17, 15) is 5.11 Å². The van der Waals surface area contributed by atoms with Gasteiger partial charge in [-0.05, 0) is 34.7 Å². The normalized spacial score (nSPS) is 15.4. The summed E-state index contributed by atoms with van der Waals surface area (Å²) in [5, 5.41) is 12.8. The van der Waals surface area contributed by atoms with Crippen LogP contribution in [-0.4, -0.2) is 11.7 Å². The number of hydrogen-bond acceptors (Lipinski definition) is 3. The molecular weight excluding hydrogens is 256 g/mol. The number of benzene rings is 1. The molecule has 0 radical (unpaired) electrons.